The summed E-state index contributed by atoms with van der Waals surface area (Å²) in [4.78, 5) is 14.4. The molecule has 0 saturated carbocycles. The minimum absolute atomic E-state index is 0.0152. The van der Waals surface area contributed by atoms with Crippen molar-refractivity contribution in [3.8, 4) is 11.5 Å². The summed E-state index contributed by atoms with van der Waals surface area (Å²) in [7, 11) is 1.55. The van der Waals surface area contributed by atoms with Crippen LogP contribution < -0.4 is 10.1 Å². The molecule has 152 valence electrons. The molecule has 0 fully saturated rings. The standard InChI is InChI=1S/C20H29N5O3/c1-13(2)20(27)21-14(3)19-23-22-18-7-8-24(9-10-25(18)19)12-15-5-6-16(26)17(11-15)28-4/h5-6,11,13-14,26H,7-10,12H2,1-4H3,(H,21,27). The summed E-state index contributed by atoms with van der Waals surface area (Å²) >= 11 is 0. The van der Waals surface area contributed by atoms with E-state index in [-0.39, 0.29) is 23.6 Å². The van der Waals surface area contributed by atoms with E-state index in [1.165, 1.54) is 0 Å². The number of fused-ring (bicyclic) bond motifs is 1. The number of hydrogen-bond donors (Lipinski definition) is 2. The first-order chi connectivity index (χ1) is 13.4. The van der Waals surface area contributed by atoms with Crippen LogP contribution in [0.2, 0.25) is 0 Å². The third-order valence-electron chi connectivity index (χ3n) is 5.07. The smallest absolute Gasteiger partial charge is 0.223 e. The van der Waals surface area contributed by atoms with Crippen molar-refractivity contribution in [2.24, 2.45) is 5.92 Å². The van der Waals surface area contributed by atoms with Crippen molar-refractivity contribution in [2.45, 2.75) is 46.3 Å². The number of nitrogens with one attached hydrogen (secondary N) is 1. The highest BCUT2D eigenvalue weighted by atomic mass is 16.5. The van der Waals surface area contributed by atoms with Crippen LogP contribution in [0.3, 0.4) is 0 Å². The van der Waals surface area contributed by atoms with E-state index in [0.717, 1.165) is 49.8 Å². The average molecular weight is 387 g/mol. The predicted octanol–water partition coefficient (Wildman–Crippen LogP) is 1.88. The maximum absolute atomic E-state index is 12.0. The van der Waals surface area contributed by atoms with Gasteiger partial charge in [-0.25, -0.2) is 0 Å². The van der Waals surface area contributed by atoms with E-state index in [2.05, 4.69) is 25.0 Å². The zero-order valence-electron chi connectivity index (χ0n) is 17.0. The Labute approximate surface area is 165 Å². The zero-order valence-corrected chi connectivity index (χ0v) is 17.0. The highest BCUT2D eigenvalue weighted by molar-refractivity contribution is 5.78. The molecule has 0 spiro atoms. The monoisotopic (exact) mass is 387 g/mol. The number of ether oxygens (including phenoxy) is 1. The maximum Gasteiger partial charge on any atom is 0.223 e. The fourth-order valence-corrected chi connectivity index (χ4v) is 3.39. The van der Waals surface area contributed by atoms with Crippen molar-refractivity contribution in [1.29, 1.82) is 0 Å². The number of phenolic OH excluding ortho intramolecular Hbond substituents is 1. The van der Waals surface area contributed by atoms with Crippen molar-refractivity contribution >= 4 is 5.91 Å². The second-order valence-corrected chi connectivity index (χ2v) is 7.54. The van der Waals surface area contributed by atoms with E-state index in [9.17, 15) is 9.90 Å². The number of phenols is 1. The third kappa shape index (κ3) is 4.44. The quantitative estimate of drug-likeness (QED) is 0.786. The molecule has 1 aliphatic rings. The van der Waals surface area contributed by atoms with Gasteiger partial charge in [-0.2, -0.15) is 0 Å². The summed E-state index contributed by atoms with van der Waals surface area (Å²) in [6.45, 7) is 8.97. The van der Waals surface area contributed by atoms with Gasteiger partial charge in [0.1, 0.15) is 5.82 Å². The molecule has 8 heteroatoms. The first-order valence-electron chi connectivity index (χ1n) is 9.69. The van der Waals surface area contributed by atoms with E-state index < -0.39 is 0 Å². The molecule has 1 atom stereocenters. The predicted molar refractivity (Wildman–Crippen MR) is 105 cm³/mol. The fraction of sp³-hybridized carbons (Fsp3) is 0.550. The molecule has 8 nitrogen and oxygen atoms in total. The average Bonchev–Trinajstić information content (AvgIpc) is 2.98. The van der Waals surface area contributed by atoms with Gasteiger partial charge in [-0.05, 0) is 24.6 Å². The molecule has 0 aliphatic carbocycles. The number of amides is 1. The van der Waals surface area contributed by atoms with Crippen LogP contribution >= 0.6 is 0 Å². The zero-order chi connectivity index (χ0) is 20.3. The maximum atomic E-state index is 12.0. The van der Waals surface area contributed by atoms with E-state index in [1.54, 1.807) is 13.2 Å². The van der Waals surface area contributed by atoms with Crippen molar-refractivity contribution in [3.05, 3.63) is 35.4 Å². The summed E-state index contributed by atoms with van der Waals surface area (Å²) in [5.74, 6) is 2.34. The van der Waals surface area contributed by atoms with Gasteiger partial charge in [0.2, 0.25) is 5.91 Å². The van der Waals surface area contributed by atoms with E-state index >= 15 is 0 Å². The summed E-state index contributed by atoms with van der Waals surface area (Å²) in [6, 6.07) is 5.27. The number of rotatable bonds is 6. The molecule has 1 aliphatic heterocycles. The van der Waals surface area contributed by atoms with Crippen LogP contribution in [-0.2, 0) is 24.3 Å². The van der Waals surface area contributed by atoms with Crippen molar-refractivity contribution in [2.75, 3.05) is 20.2 Å². The summed E-state index contributed by atoms with van der Waals surface area (Å²) in [5.41, 5.74) is 1.09. The number of methoxy groups -OCH3 is 1. The molecule has 2 heterocycles. The Morgan fingerprint density at radius 3 is 2.75 bits per heavy atom. The second kappa shape index (κ2) is 8.60. The van der Waals surface area contributed by atoms with Gasteiger partial charge >= 0.3 is 0 Å². The Hall–Kier alpha value is -2.61. The molecular formula is C20H29N5O3. The molecule has 1 amide bonds. The number of carbonyl (C=O) groups is 1. The first-order valence-corrected chi connectivity index (χ1v) is 9.69. The van der Waals surface area contributed by atoms with E-state index in [0.29, 0.717) is 5.75 Å². The van der Waals surface area contributed by atoms with Gasteiger partial charge in [0.15, 0.2) is 17.3 Å². The van der Waals surface area contributed by atoms with Gasteiger partial charge < -0.3 is 19.7 Å². The summed E-state index contributed by atoms with van der Waals surface area (Å²) in [6.07, 6.45) is 0.799. The van der Waals surface area contributed by atoms with Gasteiger partial charge in [-0.1, -0.05) is 19.9 Å². The topological polar surface area (TPSA) is 92.5 Å². The number of aromatic hydroxyl groups is 1. The molecule has 28 heavy (non-hydrogen) atoms. The molecular weight excluding hydrogens is 358 g/mol. The van der Waals surface area contributed by atoms with Gasteiger partial charge in [-0.15, -0.1) is 10.2 Å². The molecule has 0 saturated heterocycles. The molecule has 2 N–H and O–H groups in total. The van der Waals surface area contributed by atoms with Gasteiger partial charge in [0, 0.05) is 38.5 Å². The normalized spacial score (nSPS) is 15.8. The summed E-state index contributed by atoms with van der Waals surface area (Å²) < 4.78 is 7.33. The van der Waals surface area contributed by atoms with Crippen molar-refractivity contribution < 1.29 is 14.6 Å². The molecule has 3 rings (SSSR count). The Bertz CT molecular complexity index is 833. The number of aromatic nitrogens is 3. The largest absolute Gasteiger partial charge is 0.504 e. The highest BCUT2D eigenvalue weighted by Gasteiger charge is 2.23. The Kier molecular flexibility index (Phi) is 6.18. The van der Waals surface area contributed by atoms with Crippen LogP contribution in [0.15, 0.2) is 18.2 Å². The van der Waals surface area contributed by atoms with Crippen LogP contribution in [-0.4, -0.2) is 50.9 Å². The molecule has 2 aromatic rings. The molecule has 0 bridgehead atoms. The second-order valence-electron chi connectivity index (χ2n) is 7.54. The van der Waals surface area contributed by atoms with Gasteiger partial charge in [0.25, 0.3) is 0 Å². The molecule has 1 unspecified atom stereocenters. The van der Waals surface area contributed by atoms with Gasteiger partial charge in [-0.3, -0.25) is 9.69 Å². The van der Waals surface area contributed by atoms with Gasteiger partial charge in [0.05, 0.1) is 13.2 Å². The van der Waals surface area contributed by atoms with E-state index in [4.69, 9.17) is 4.74 Å². The fourth-order valence-electron chi connectivity index (χ4n) is 3.39. The molecule has 1 aromatic heterocycles. The van der Waals surface area contributed by atoms with Crippen molar-refractivity contribution in [3.63, 3.8) is 0 Å². The summed E-state index contributed by atoms with van der Waals surface area (Å²) in [5, 5.41) is 21.5. The highest BCUT2D eigenvalue weighted by Crippen LogP contribution is 2.27. The minimum atomic E-state index is -0.177. The number of nitrogens with zero attached hydrogens (tertiary/aromatic N) is 4. The Morgan fingerprint density at radius 2 is 2.04 bits per heavy atom. The van der Waals surface area contributed by atoms with Crippen molar-refractivity contribution in [1.82, 2.24) is 25.0 Å². The lowest BCUT2D eigenvalue weighted by atomic mass is 10.2. The van der Waals surface area contributed by atoms with Crippen LogP contribution in [0.1, 0.15) is 44.0 Å². The van der Waals surface area contributed by atoms with E-state index in [1.807, 2.05) is 32.9 Å². The first kappa shape index (κ1) is 20.1. The number of hydrogen-bond acceptors (Lipinski definition) is 6. The minimum Gasteiger partial charge on any atom is -0.504 e. The molecule has 0 radical (unpaired) electrons. The Balaban J connectivity index is 1.67. The number of benzene rings is 1. The lowest BCUT2D eigenvalue weighted by molar-refractivity contribution is -0.124. The lowest BCUT2D eigenvalue weighted by Gasteiger charge is -2.21. The third-order valence-corrected chi connectivity index (χ3v) is 5.07. The van der Waals surface area contributed by atoms with Crippen LogP contribution in [0, 0.1) is 5.92 Å². The molecule has 1 aromatic carbocycles. The number of carbonyl (C=O) groups excluding carboxylic acids is 1. The van der Waals surface area contributed by atoms with Crippen LogP contribution in [0.25, 0.3) is 0 Å². The SMILES string of the molecule is COc1cc(CN2CCc3nnc(C(C)NC(=O)C(C)C)n3CC2)ccc1O. The van der Waals surface area contributed by atoms with Crippen LogP contribution in [0.4, 0.5) is 0 Å². The Morgan fingerprint density at radius 1 is 1.25 bits per heavy atom. The lowest BCUT2D eigenvalue weighted by Crippen LogP contribution is -2.32. The van der Waals surface area contributed by atoms with Crippen LogP contribution in [0.5, 0.6) is 11.5 Å².